The molecule has 1 heterocycles. The van der Waals surface area contributed by atoms with Crippen LogP contribution in [-0.4, -0.2) is 21.9 Å². The molecule has 0 spiro atoms. The molecule has 0 saturated carbocycles. The van der Waals surface area contributed by atoms with E-state index in [0.29, 0.717) is 5.75 Å². The summed E-state index contributed by atoms with van der Waals surface area (Å²) in [6, 6.07) is 3.56. The number of nitrogens with zero attached hydrogens (tertiary/aromatic N) is 1. The minimum absolute atomic E-state index is 0.191. The van der Waals surface area contributed by atoms with Gasteiger partial charge in [0.25, 0.3) is 0 Å². The van der Waals surface area contributed by atoms with Crippen molar-refractivity contribution in [3.63, 3.8) is 0 Å². The molecule has 1 atom stereocenters. The molecule has 0 aliphatic rings. The van der Waals surface area contributed by atoms with Crippen LogP contribution < -0.4 is 5.73 Å². The minimum atomic E-state index is 0.191. The molecule has 4 heteroatoms. The molecule has 0 amide bonds. The summed E-state index contributed by atoms with van der Waals surface area (Å²) in [5, 5.41) is 9.37. The standard InChI is InChI=1S/C9H14N2OS/c1-7(10)5-13-6-8-9(12)3-2-4-11-8/h2-4,7,12H,5-6,10H2,1H3. The Labute approximate surface area is 82.4 Å². The third-order valence-electron chi connectivity index (χ3n) is 1.49. The molecule has 1 aromatic heterocycles. The number of thioether (sulfide) groups is 1. The second-order valence-electron chi connectivity index (χ2n) is 2.96. The smallest absolute Gasteiger partial charge is 0.137 e. The Morgan fingerprint density at radius 1 is 1.69 bits per heavy atom. The third kappa shape index (κ3) is 3.65. The number of hydrogen-bond donors (Lipinski definition) is 2. The van der Waals surface area contributed by atoms with Gasteiger partial charge in [-0.2, -0.15) is 11.8 Å². The van der Waals surface area contributed by atoms with Gasteiger partial charge in [0, 0.05) is 23.7 Å². The molecule has 3 nitrogen and oxygen atoms in total. The van der Waals surface area contributed by atoms with Crippen LogP contribution in [0.4, 0.5) is 0 Å². The predicted molar refractivity (Wildman–Crippen MR) is 55.7 cm³/mol. The highest BCUT2D eigenvalue weighted by molar-refractivity contribution is 7.98. The molecule has 0 radical (unpaired) electrons. The Morgan fingerprint density at radius 2 is 2.46 bits per heavy atom. The topological polar surface area (TPSA) is 59.1 Å². The van der Waals surface area contributed by atoms with Crippen molar-refractivity contribution >= 4 is 11.8 Å². The van der Waals surface area contributed by atoms with Gasteiger partial charge in [-0.15, -0.1) is 0 Å². The van der Waals surface area contributed by atoms with E-state index in [4.69, 9.17) is 5.73 Å². The van der Waals surface area contributed by atoms with E-state index in [1.54, 1.807) is 30.1 Å². The molecule has 0 aromatic carbocycles. The van der Waals surface area contributed by atoms with E-state index in [2.05, 4.69) is 4.98 Å². The van der Waals surface area contributed by atoms with Crippen molar-refractivity contribution in [1.29, 1.82) is 0 Å². The number of aromatic hydroxyl groups is 1. The maximum atomic E-state index is 9.37. The van der Waals surface area contributed by atoms with E-state index in [1.807, 2.05) is 6.92 Å². The first-order valence-electron chi connectivity index (χ1n) is 4.16. The first kappa shape index (κ1) is 10.3. The number of rotatable bonds is 4. The van der Waals surface area contributed by atoms with E-state index < -0.39 is 0 Å². The van der Waals surface area contributed by atoms with Gasteiger partial charge in [0.2, 0.25) is 0 Å². The van der Waals surface area contributed by atoms with Crippen molar-refractivity contribution in [2.75, 3.05) is 5.75 Å². The van der Waals surface area contributed by atoms with Crippen LogP contribution in [0.25, 0.3) is 0 Å². The van der Waals surface area contributed by atoms with Gasteiger partial charge in [-0.1, -0.05) is 0 Å². The molecule has 0 fully saturated rings. The molecule has 0 bridgehead atoms. The Bertz CT molecular complexity index is 266. The first-order chi connectivity index (χ1) is 6.20. The molecule has 0 aliphatic carbocycles. The van der Waals surface area contributed by atoms with Crippen LogP contribution in [0, 0.1) is 0 Å². The monoisotopic (exact) mass is 198 g/mol. The average Bonchev–Trinajstić information content (AvgIpc) is 2.08. The van der Waals surface area contributed by atoms with E-state index in [-0.39, 0.29) is 11.8 Å². The largest absolute Gasteiger partial charge is 0.506 e. The summed E-state index contributed by atoms with van der Waals surface area (Å²) in [5.41, 5.74) is 6.32. The van der Waals surface area contributed by atoms with Gasteiger partial charge < -0.3 is 10.8 Å². The van der Waals surface area contributed by atoms with Crippen LogP contribution in [-0.2, 0) is 5.75 Å². The Hall–Kier alpha value is -0.740. The van der Waals surface area contributed by atoms with Gasteiger partial charge >= 0.3 is 0 Å². The zero-order chi connectivity index (χ0) is 9.68. The van der Waals surface area contributed by atoms with E-state index in [9.17, 15) is 5.11 Å². The number of pyridine rings is 1. The van der Waals surface area contributed by atoms with Gasteiger partial charge in [-0.25, -0.2) is 0 Å². The highest BCUT2D eigenvalue weighted by Gasteiger charge is 2.01. The zero-order valence-corrected chi connectivity index (χ0v) is 8.42. The molecule has 1 rings (SSSR count). The van der Waals surface area contributed by atoms with E-state index in [1.165, 1.54) is 0 Å². The van der Waals surface area contributed by atoms with Gasteiger partial charge in [0.05, 0.1) is 5.69 Å². The predicted octanol–water partition coefficient (Wildman–Crippen LogP) is 1.37. The molecular formula is C9H14N2OS. The molecule has 13 heavy (non-hydrogen) atoms. The summed E-state index contributed by atoms with van der Waals surface area (Å²) in [6.07, 6.45) is 1.68. The molecule has 1 aromatic rings. The van der Waals surface area contributed by atoms with Gasteiger partial charge in [0.1, 0.15) is 5.75 Å². The van der Waals surface area contributed by atoms with E-state index >= 15 is 0 Å². The molecule has 72 valence electrons. The quantitative estimate of drug-likeness (QED) is 0.767. The highest BCUT2D eigenvalue weighted by atomic mass is 32.2. The summed E-state index contributed by atoms with van der Waals surface area (Å²) in [5.74, 6) is 1.87. The van der Waals surface area contributed by atoms with E-state index in [0.717, 1.165) is 11.4 Å². The van der Waals surface area contributed by atoms with Crippen molar-refractivity contribution in [2.24, 2.45) is 5.73 Å². The lowest BCUT2D eigenvalue weighted by molar-refractivity contribution is 0.467. The Kier molecular flexibility index (Phi) is 4.05. The number of nitrogens with two attached hydrogens (primary N) is 1. The van der Waals surface area contributed by atoms with Gasteiger partial charge in [-0.05, 0) is 19.1 Å². The van der Waals surface area contributed by atoms with Crippen molar-refractivity contribution in [3.05, 3.63) is 24.0 Å². The van der Waals surface area contributed by atoms with Crippen LogP contribution in [0.15, 0.2) is 18.3 Å². The Morgan fingerprint density at radius 3 is 3.08 bits per heavy atom. The van der Waals surface area contributed by atoms with Crippen LogP contribution in [0.2, 0.25) is 0 Å². The summed E-state index contributed by atoms with van der Waals surface area (Å²) in [6.45, 7) is 1.96. The summed E-state index contributed by atoms with van der Waals surface area (Å²) in [7, 11) is 0. The SMILES string of the molecule is CC(N)CSCc1ncccc1O. The van der Waals surface area contributed by atoms with Gasteiger partial charge in [0.15, 0.2) is 0 Å². The lowest BCUT2D eigenvalue weighted by Gasteiger charge is -2.05. The molecule has 0 aliphatic heterocycles. The maximum Gasteiger partial charge on any atom is 0.137 e. The average molecular weight is 198 g/mol. The van der Waals surface area contributed by atoms with Crippen LogP contribution in [0.1, 0.15) is 12.6 Å². The molecule has 1 unspecified atom stereocenters. The molecule has 0 saturated heterocycles. The van der Waals surface area contributed by atoms with Crippen LogP contribution in [0.3, 0.4) is 0 Å². The van der Waals surface area contributed by atoms with Crippen molar-refractivity contribution in [2.45, 2.75) is 18.7 Å². The molecular weight excluding hydrogens is 184 g/mol. The number of aromatic nitrogens is 1. The second-order valence-corrected chi connectivity index (χ2v) is 3.99. The minimum Gasteiger partial charge on any atom is -0.506 e. The highest BCUT2D eigenvalue weighted by Crippen LogP contribution is 2.19. The first-order valence-corrected chi connectivity index (χ1v) is 5.32. The second kappa shape index (κ2) is 5.09. The maximum absolute atomic E-state index is 9.37. The fourth-order valence-electron chi connectivity index (χ4n) is 0.882. The number of hydrogen-bond acceptors (Lipinski definition) is 4. The van der Waals surface area contributed by atoms with Gasteiger partial charge in [-0.3, -0.25) is 4.98 Å². The zero-order valence-electron chi connectivity index (χ0n) is 7.60. The van der Waals surface area contributed by atoms with Crippen molar-refractivity contribution in [3.8, 4) is 5.75 Å². The fraction of sp³-hybridized carbons (Fsp3) is 0.444. The Balaban J connectivity index is 2.41. The van der Waals surface area contributed by atoms with Crippen molar-refractivity contribution < 1.29 is 5.11 Å². The third-order valence-corrected chi connectivity index (χ3v) is 2.72. The lowest BCUT2D eigenvalue weighted by atomic mass is 10.3. The summed E-state index contributed by atoms with van der Waals surface area (Å²) in [4.78, 5) is 4.06. The van der Waals surface area contributed by atoms with Crippen LogP contribution in [0.5, 0.6) is 5.75 Å². The van der Waals surface area contributed by atoms with Crippen molar-refractivity contribution in [1.82, 2.24) is 4.98 Å². The fourth-order valence-corrected chi connectivity index (χ4v) is 1.79. The molecule has 3 N–H and O–H groups in total. The summed E-state index contributed by atoms with van der Waals surface area (Å²) < 4.78 is 0. The summed E-state index contributed by atoms with van der Waals surface area (Å²) >= 11 is 1.68. The lowest BCUT2D eigenvalue weighted by Crippen LogP contribution is -2.17. The van der Waals surface area contributed by atoms with Crippen LogP contribution >= 0.6 is 11.8 Å². The normalized spacial score (nSPS) is 12.8.